The van der Waals surface area contributed by atoms with E-state index in [9.17, 15) is 22.8 Å². The van der Waals surface area contributed by atoms with Gasteiger partial charge in [-0.25, -0.2) is 9.59 Å². The number of aromatic nitrogens is 2. The van der Waals surface area contributed by atoms with Crippen LogP contribution in [0.25, 0.3) is 0 Å². The number of benzene rings is 2. The molecule has 12 heteroatoms. The quantitative estimate of drug-likeness (QED) is 0.291. The molecule has 0 saturated carbocycles. The highest BCUT2D eigenvalue weighted by molar-refractivity contribution is 8.00. The van der Waals surface area contributed by atoms with Crippen LogP contribution in [-0.4, -0.2) is 29.3 Å². The summed E-state index contributed by atoms with van der Waals surface area (Å²) in [5.41, 5.74) is 0.444. The van der Waals surface area contributed by atoms with E-state index in [0.717, 1.165) is 29.0 Å². The topological polar surface area (TPSA) is 93.2 Å². The average Bonchev–Trinajstić information content (AvgIpc) is 3.18. The number of carbonyl (C=O) groups excluding carboxylic acids is 2. The summed E-state index contributed by atoms with van der Waals surface area (Å²) in [4.78, 5) is 23.6. The molecule has 7 nitrogen and oxygen atoms in total. The zero-order valence-corrected chi connectivity index (χ0v) is 17.5. The van der Waals surface area contributed by atoms with Gasteiger partial charge >= 0.3 is 18.2 Å². The number of urea groups is 1. The van der Waals surface area contributed by atoms with Crippen molar-refractivity contribution in [3.05, 3.63) is 65.2 Å². The highest BCUT2D eigenvalue weighted by Gasteiger charge is 2.30. The monoisotopic (exact) mass is 468 g/mol. The molecule has 3 rings (SSSR count). The standard InChI is InChI=1S/C19H15F3N4O3S2/c1-29-15(27)12-5-2-4-11(8-12)10-30-18-26-25-17(31-18)24-16(28)23-14-7-3-6-13(9-14)19(20,21)22/h2-9H,10H2,1H3,(H2,23,24,25,28). The lowest BCUT2D eigenvalue weighted by atomic mass is 10.1. The maximum atomic E-state index is 12.8. The molecule has 0 radical (unpaired) electrons. The molecule has 0 bridgehead atoms. The summed E-state index contributed by atoms with van der Waals surface area (Å²) in [7, 11) is 1.31. The number of nitrogens with one attached hydrogen (secondary N) is 2. The van der Waals surface area contributed by atoms with Crippen LogP contribution >= 0.6 is 23.1 Å². The van der Waals surface area contributed by atoms with Crippen LogP contribution in [0.15, 0.2) is 52.9 Å². The Morgan fingerprint density at radius 1 is 1.10 bits per heavy atom. The number of hydrogen-bond donors (Lipinski definition) is 2. The number of esters is 1. The third-order valence-electron chi connectivity index (χ3n) is 3.79. The molecule has 0 aliphatic carbocycles. The maximum Gasteiger partial charge on any atom is 0.416 e. The first-order valence-corrected chi connectivity index (χ1v) is 10.4. The minimum Gasteiger partial charge on any atom is -0.465 e. The third kappa shape index (κ3) is 6.43. The number of anilines is 2. The molecule has 0 fully saturated rings. The number of halogens is 3. The van der Waals surface area contributed by atoms with Crippen LogP contribution in [0.5, 0.6) is 0 Å². The van der Waals surface area contributed by atoms with Gasteiger partial charge in [-0.2, -0.15) is 13.2 Å². The van der Waals surface area contributed by atoms with Crippen LogP contribution in [0.4, 0.5) is 28.8 Å². The number of carbonyl (C=O) groups is 2. The normalized spacial score (nSPS) is 11.1. The van der Waals surface area contributed by atoms with Crippen molar-refractivity contribution in [1.82, 2.24) is 10.2 Å². The fourth-order valence-corrected chi connectivity index (χ4v) is 4.09. The lowest BCUT2D eigenvalue weighted by Gasteiger charge is -2.09. The van der Waals surface area contributed by atoms with Gasteiger partial charge in [0.15, 0.2) is 4.34 Å². The van der Waals surface area contributed by atoms with Crippen LogP contribution in [0, 0.1) is 0 Å². The van der Waals surface area contributed by atoms with E-state index in [-0.39, 0.29) is 10.8 Å². The van der Waals surface area contributed by atoms with E-state index in [1.807, 2.05) is 6.07 Å². The number of rotatable bonds is 6. The Morgan fingerprint density at radius 3 is 2.61 bits per heavy atom. The van der Waals surface area contributed by atoms with Crippen LogP contribution in [-0.2, 0) is 16.7 Å². The fraction of sp³-hybridized carbons (Fsp3) is 0.158. The number of alkyl halides is 3. The van der Waals surface area contributed by atoms with Crippen molar-refractivity contribution < 1.29 is 27.5 Å². The zero-order chi connectivity index (χ0) is 22.4. The predicted octanol–water partition coefficient (Wildman–Crippen LogP) is 5.28. The SMILES string of the molecule is COC(=O)c1cccc(CSc2nnc(NC(=O)Nc3cccc(C(F)(F)F)c3)s2)c1. The maximum absolute atomic E-state index is 12.8. The smallest absolute Gasteiger partial charge is 0.416 e. The Balaban J connectivity index is 1.55. The van der Waals surface area contributed by atoms with E-state index in [2.05, 4.69) is 20.8 Å². The predicted molar refractivity (Wildman–Crippen MR) is 111 cm³/mol. The molecular weight excluding hydrogens is 453 g/mol. The summed E-state index contributed by atoms with van der Waals surface area (Å²) in [5, 5.41) is 12.8. The summed E-state index contributed by atoms with van der Waals surface area (Å²) in [6.45, 7) is 0. The van der Waals surface area contributed by atoms with Crippen molar-refractivity contribution in [2.75, 3.05) is 17.7 Å². The molecule has 2 aromatic carbocycles. The Kier molecular flexibility index (Phi) is 7.13. The zero-order valence-electron chi connectivity index (χ0n) is 15.9. The van der Waals surface area contributed by atoms with Gasteiger partial charge in [-0.1, -0.05) is 41.3 Å². The highest BCUT2D eigenvalue weighted by Crippen LogP contribution is 2.31. The molecule has 0 aliphatic heterocycles. The van der Waals surface area contributed by atoms with Crippen LogP contribution in [0.3, 0.4) is 0 Å². The Bertz CT molecular complexity index is 1090. The summed E-state index contributed by atoms with van der Waals surface area (Å²) >= 11 is 2.46. The number of ether oxygens (including phenoxy) is 1. The second kappa shape index (κ2) is 9.79. The van der Waals surface area contributed by atoms with Crippen molar-refractivity contribution in [3.63, 3.8) is 0 Å². The highest BCUT2D eigenvalue weighted by atomic mass is 32.2. The van der Waals surface area contributed by atoms with Crippen molar-refractivity contribution in [3.8, 4) is 0 Å². The molecule has 2 amide bonds. The minimum absolute atomic E-state index is 0.00285. The van der Waals surface area contributed by atoms with E-state index < -0.39 is 23.7 Å². The van der Waals surface area contributed by atoms with Crippen molar-refractivity contribution in [2.45, 2.75) is 16.3 Å². The van der Waals surface area contributed by atoms with E-state index in [4.69, 9.17) is 4.74 Å². The second-order valence-electron chi connectivity index (χ2n) is 6.01. The number of hydrogen-bond acceptors (Lipinski definition) is 7. The van der Waals surface area contributed by atoms with Gasteiger partial charge in [0.25, 0.3) is 0 Å². The first-order valence-electron chi connectivity index (χ1n) is 8.63. The Labute approximate surface area is 183 Å². The molecule has 162 valence electrons. The number of nitrogens with zero attached hydrogens (tertiary/aromatic N) is 2. The molecule has 1 aromatic heterocycles. The summed E-state index contributed by atoms with van der Waals surface area (Å²) in [6, 6.07) is 10.5. The second-order valence-corrected chi connectivity index (χ2v) is 8.21. The minimum atomic E-state index is -4.50. The molecule has 0 atom stereocenters. The Hall–Kier alpha value is -3.12. The molecule has 0 unspecified atom stereocenters. The molecule has 3 aromatic rings. The van der Waals surface area contributed by atoms with Crippen molar-refractivity contribution >= 4 is 45.9 Å². The largest absolute Gasteiger partial charge is 0.465 e. The van der Waals surface area contributed by atoms with Crippen LogP contribution < -0.4 is 10.6 Å². The van der Waals surface area contributed by atoms with Crippen LogP contribution in [0.1, 0.15) is 21.5 Å². The average molecular weight is 468 g/mol. The summed E-state index contributed by atoms with van der Waals surface area (Å²) in [5.74, 6) is 0.0802. The molecule has 0 spiro atoms. The number of thioether (sulfide) groups is 1. The van der Waals surface area contributed by atoms with E-state index in [1.54, 1.807) is 18.2 Å². The van der Waals surface area contributed by atoms with Crippen molar-refractivity contribution in [1.29, 1.82) is 0 Å². The van der Waals surface area contributed by atoms with Gasteiger partial charge < -0.3 is 10.1 Å². The van der Waals surface area contributed by atoms with Gasteiger partial charge in [0.05, 0.1) is 18.2 Å². The Morgan fingerprint density at radius 2 is 1.87 bits per heavy atom. The molecule has 31 heavy (non-hydrogen) atoms. The lowest BCUT2D eigenvalue weighted by Crippen LogP contribution is -2.19. The van der Waals surface area contributed by atoms with E-state index in [0.29, 0.717) is 15.7 Å². The van der Waals surface area contributed by atoms with Crippen molar-refractivity contribution in [2.24, 2.45) is 0 Å². The van der Waals surface area contributed by atoms with Gasteiger partial charge in [-0.15, -0.1) is 10.2 Å². The van der Waals surface area contributed by atoms with E-state index in [1.165, 1.54) is 31.0 Å². The third-order valence-corrected chi connectivity index (χ3v) is 5.83. The molecule has 2 N–H and O–H groups in total. The van der Waals surface area contributed by atoms with Gasteiger partial charge in [-0.3, -0.25) is 5.32 Å². The van der Waals surface area contributed by atoms with Gasteiger partial charge in [0, 0.05) is 11.4 Å². The number of methoxy groups -OCH3 is 1. The van der Waals surface area contributed by atoms with Gasteiger partial charge in [0.2, 0.25) is 5.13 Å². The summed E-state index contributed by atoms with van der Waals surface area (Å²) < 4.78 is 43.5. The van der Waals surface area contributed by atoms with Gasteiger partial charge in [0.1, 0.15) is 0 Å². The summed E-state index contributed by atoms with van der Waals surface area (Å²) in [6.07, 6.45) is -4.50. The number of amides is 2. The first-order chi connectivity index (χ1) is 14.7. The molecule has 0 aliphatic rings. The molecule has 1 heterocycles. The first kappa shape index (κ1) is 22.6. The van der Waals surface area contributed by atoms with E-state index >= 15 is 0 Å². The fourth-order valence-electron chi connectivity index (χ4n) is 2.40. The van der Waals surface area contributed by atoms with Crippen LogP contribution in [0.2, 0.25) is 0 Å². The van der Waals surface area contributed by atoms with Gasteiger partial charge in [-0.05, 0) is 35.9 Å². The molecule has 0 saturated heterocycles. The lowest BCUT2D eigenvalue weighted by molar-refractivity contribution is -0.137. The molecular formula is C19H15F3N4O3S2.